The molecule has 26 heavy (non-hydrogen) atoms. The summed E-state index contributed by atoms with van der Waals surface area (Å²) in [6, 6.07) is 12.7. The van der Waals surface area contributed by atoms with E-state index in [4.69, 9.17) is 0 Å². The number of hydrogen-bond donors (Lipinski definition) is 3. The van der Waals surface area contributed by atoms with Gasteiger partial charge in [-0.15, -0.1) is 0 Å². The zero-order valence-electron chi connectivity index (χ0n) is 14.8. The smallest absolute Gasteiger partial charge is 0.407 e. The second kappa shape index (κ2) is 9.33. The molecule has 1 aromatic carbocycles. The summed E-state index contributed by atoms with van der Waals surface area (Å²) in [5.74, 6) is -0.423. The van der Waals surface area contributed by atoms with E-state index < -0.39 is 18.0 Å². The molecule has 7 nitrogen and oxygen atoms in total. The number of aromatic nitrogens is 1. The van der Waals surface area contributed by atoms with E-state index in [1.807, 2.05) is 42.5 Å². The van der Waals surface area contributed by atoms with Crippen LogP contribution in [0.15, 0.2) is 60.8 Å². The van der Waals surface area contributed by atoms with Crippen molar-refractivity contribution in [3.63, 3.8) is 0 Å². The molecule has 1 aromatic heterocycles. The highest BCUT2D eigenvalue weighted by Crippen LogP contribution is 2.16. The summed E-state index contributed by atoms with van der Waals surface area (Å²) in [6.45, 7) is 5.78. The molecule has 136 valence electrons. The molecule has 2 aromatic rings. The van der Waals surface area contributed by atoms with Crippen molar-refractivity contribution in [2.75, 3.05) is 7.11 Å². The van der Waals surface area contributed by atoms with Crippen molar-refractivity contribution in [3.05, 3.63) is 66.4 Å². The lowest BCUT2D eigenvalue weighted by Crippen LogP contribution is -2.51. The molecule has 0 spiro atoms. The molecule has 0 unspecified atom stereocenters. The van der Waals surface area contributed by atoms with Gasteiger partial charge >= 0.3 is 6.09 Å². The van der Waals surface area contributed by atoms with Crippen molar-refractivity contribution in [1.29, 1.82) is 0 Å². The first kappa shape index (κ1) is 19.1. The third-order valence-electron chi connectivity index (χ3n) is 3.62. The van der Waals surface area contributed by atoms with Crippen molar-refractivity contribution in [3.8, 4) is 11.3 Å². The molecule has 3 N–H and O–H groups in total. The number of ether oxygens (including phenoxy) is 1. The van der Waals surface area contributed by atoms with E-state index in [-0.39, 0.29) is 0 Å². The maximum Gasteiger partial charge on any atom is 0.407 e. The van der Waals surface area contributed by atoms with Crippen molar-refractivity contribution in [2.45, 2.75) is 19.5 Å². The Hall–Kier alpha value is -3.19. The molecule has 0 bridgehead atoms. The third kappa shape index (κ3) is 5.42. The minimum absolute atomic E-state index is 0.423. The number of benzene rings is 1. The zero-order chi connectivity index (χ0) is 18.9. The molecule has 0 saturated heterocycles. The molecule has 1 atom stereocenters. The van der Waals surface area contributed by atoms with Gasteiger partial charge in [0, 0.05) is 18.3 Å². The third-order valence-corrected chi connectivity index (χ3v) is 3.62. The topological polar surface area (TPSA) is 92.3 Å². The molecular formula is C19H22N4O3. The molecule has 2 rings (SSSR count). The van der Waals surface area contributed by atoms with Crippen molar-refractivity contribution >= 4 is 12.0 Å². The average molecular weight is 354 g/mol. The fourth-order valence-electron chi connectivity index (χ4n) is 2.22. The van der Waals surface area contributed by atoms with Crippen molar-refractivity contribution < 1.29 is 14.3 Å². The Kier molecular flexibility index (Phi) is 6.87. The Bertz CT molecular complexity index is 760. The Morgan fingerprint density at radius 3 is 2.50 bits per heavy atom. The lowest BCUT2D eigenvalue weighted by molar-refractivity contribution is -0.123. The lowest BCUT2D eigenvalue weighted by Gasteiger charge is -2.18. The van der Waals surface area contributed by atoms with E-state index in [0.29, 0.717) is 12.1 Å². The summed E-state index contributed by atoms with van der Waals surface area (Å²) in [4.78, 5) is 27.8. The summed E-state index contributed by atoms with van der Waals surface area (Å²) in [6.07, 6.45) is 1.05. The van der Waals surface area contributed by atoms with Crippen LogP contribution < -0.4 is 16.2 Å². The zero-order valence-corrected chi connectivity index (χ0v) is 14.8. The second-order valence-corrected chi connectivity index (χ2v) is 5.67. The summed E-state index contributed by atoms with van der Waals surface area (Å²) in [5, 5.41) is 2.42. The van der Waals surface area contributed by atoms with Gasteiger partial charge in [0.1, 0.15) is 6.04 Å². The molecule has 0 aliphatic heterocycles. The molecule has 0 radical (unpaired) electrons. The van der Waals surface area contributed by atoms with E-state index in [0.717, 1.165) is 16.8 Å². The van der Waals surface area contributed by atoms with Crippen LogP contribution in [0.25, 0.3) is 11.3 Å². The molecule has 0 aliphatic rings. The van der Waals surface area contributed by atoms with E-state index in [1.54, 1.807) is 13.1 Å². The maximum atomic E-state index is 12.2. The number of carbonyl (C=O) groups is 2. The fourth-order valence-corrected chi connectivity index (χ4v) is 2.22. The number of pyridine rings is 1. The number of nitrogens with zero attached hydrogens (tertiary/aromatic N) is 1. The van der Waals surface area contributed by atoms with Crippen LogP contribution in [0.4, 0.5) is 4.79 Å². The second-order valence-electron chi connectivity index (χ2n) is 5.67. The van der Waals surface area contributed by atoms with Crippen LogP contribution in [0.3, 0.4) is 0 Å². The molecule has 0 saturated carbocycles. The highest BCUT2D eigenvalue weighted by Gasteiger charge is 2.21. The van der Waals surface area contributed by atoms with Crippen LogP contribution >= 0.6 is 0 Å². The number of hydrogen-bond acceptors (Lipinski definition) is 5. The number of alkyl carbamates (subject to hydrolysis) is 1. The number of methoxy groups -OCH3 is 1. The highest BCUT2D eigenvalue weighted by molar-refractivity contribution is 5.87. The van der Waals surface area contributed by atoms with E-state index >= 15 is 0 Å². The summed E-state index contributed by atoms with van der Waals surface area (Å²) >= 11 is 0. The maximum absolute atomic E-state index is 12.2. The van der Waals surface area contributed by atoms with Crippen molar-refractivity contribution in [1.82, 2.24) is 21.2 Å². The van der Waals surface area contributed by atoms with Gasteiger partial charge in [-0.2, -0.15) is 0 Å². The van der Waals surface area contributed by atoms with Crippen molar-refractivity contribution in [2.24, 2.45) is 0 Å². The minimum atomic E-state index is -0.874. The minimum Gasteiger partial charge on any atom is -0.453 e. The number of amides is 2. The SMILES string of the molecule is C=C(C)[C@@H](NC(=O)OC)C(=O)NNCc1ccc(-c2ccccn2)cc1. The van der Waals surface area contributed by atoms with Gasteiger partial charge in [-0.25, -0.2) is 10.2 Å². The predicted octanol–water partition coefficient (Wildman–Crippen LogP) is 2.17. The number of nitrogens with one attached hydrogen (secondary N) is 3. The van der Waals surface area contributed by atoms with E-state index in [1.165, 1.54) is 7.11 Å². The van der Waals surface area contributed by atoms with E-state index in [2.05, 4.69) is 32.5 Å². The van der Waals surface area contributed by atoms with Gasteiger partial charge in [-0.3, -0.25) is 15.2 Å². The fraction of sp³-hybridized carbons (Fsp3) is 0.211. The molecular weight excluding hydrogens is 332 g/mol. The summed E-state index contributed by atoms with van der Waals surface area (Å²) < 4.78 is 4.51. The van der Waals surface area contributed by atoms with Crippen LogP contribution in [0.5, 0.6) is 0 Å². The van der Waals surface area contributed by atoms with Gasteiger partial charge in [0.05, 0.1) is 12.8 Å². The van der Waals surface area contributed by atoms with Crippen LogP contribution in [0, 0.1) is 0 Å². The first-order valence-electron chi connectivity index (χ1n) is 8.04. The van der Waals surface area contributed by atoms with Gasteiger partial charge in [-0.05, 0) is 30.2 Å². The molecule has 1 heterocycles. The van der Waals surface area contributed by atoms with Gasteiger partial charge < -0.3 is 10.1 Å². The van der Waals surface area contributed by atoms with Crippen LogP contribution in [0.1, 0.15) is 12.5 Å². The number of hydrazine groups is 1. The quantitative estimate of drug-likeness (QED) is 0.523. The first-order chi connectivity index (χ1) is 12.5. The monoisotopic (exact) mass is 354 g/mol. The van der Waals surface area contributed by atoms with E-state index in [9.17, 15) is 9.59 Å². The van der Waals surface area contributed by atoms with Crippen LogP contribution in [-0.2, 0) is 16.1 Å². The normalized spacial score (nSPS) is 11.3. The largest absolute Gasteiger partial charge is 0.453 e. The lowest BCUT2D eigenvalue weighted by atomic mass is 10.1. The number of rotatable bonds is 7. The molecule has 7 heteroatoms. The molecule has 0 aliphatic carbocycles. The Balaban J connectivity index is 1.87. The number of carbonyl (C=O) groups excluding carboxylic acids is 2. The van der Waals surface area contributed by atoms with Gasteiger partial charge in [0.15, 0.2) is 0 Å². The van der Waals surface area contributed by atoms with Crippen LogP contribution in [-0.4, -0.2) is 30.1 Å². The van der Waals surface area contributed by atoms with Gasteiger partial charge in [0.2, 0.25) is 0 Å². The van der Waals surface area contributed by atoms with Gasteiger partial charge in [-0.1, -0.05) is 36.9 Å². The Morgan fingerprint density at radius 1 is 1.19 bits per heavy atom. The molecule has 0 fully saturated rings. The highest BCUT2D eigenvalue weighted by atomic mass is 16.5. The van der Waals surface area contributed by atoms with Crippen LogP contribution in [0.2, 0.25) is 0 Å². The molecule has 2 amide bonds. The predicted molar refractivity (Wildman–Crippen MR) is 98.8 cm³/mol. The first-order valence-corrected chi connectivity index (χ1v) is 8.04. The Morgan fingerprint density at radius 2 is 1.92 bits per heavy atom. The average Bonchev–Trinajstić information content (AvgIpc) is 2.66. The standard InChI is InChI=1S/C19H22N4O3/c1-13(2)17(22-19(25)26-3)18(24)23-21-12-14-7-9-15(10-8-14)16-6-4-5-11-20-16/h4-11,17,21H,1,12H2,2-3H3,(H,22,25)(H,23,24)/t17-/m1/s1. The summed E-state index contributed by atoms with van der Waals surface area (Å²) in [7, 11) is 1.23. The Labute approximate surface area is 152 Å². The summed E-state index contributed by atoms with van der Waals surface area (Å²) in [5.41, 5.74) is 8.79. The van der Waals surface area contributed by atoms with Gasteiger partial charge in [0.25, 0.3) is 5.91 Å².